The summed E-state index contributed by atoms with van der Waals surface area (Å²) in [4.78, 5) is 12.4. The zero-order valence-corrected chi connectivity index (χ0v) is 14.7. The number of hydrogen-bond donors (Lipinski definition) is 2. The smallest absolute Gasteiger partial charge is 0.261 e. The van der Waals surface area contributed by atoms with E-state index in [1.165, 1.54) is 0 Å². The highest BCUT2D eigenvalue weighted by molar-refractivity contribution is 5.81. The van der Waals surface area contributed by atoms with Gasteiger partial charge in [0.25, 0.3) is 5.91 Å². The Morgan fingerprint density at radius 2 is 1.96 bits per heavy atom. The molecule has 1 atom stereocenters. The van der Waals surface area contributed by atoms with Crippen LogP contribution in [0.25, 0.3) is 5.69 Å². The molecule has 1 aromatic carbocycles. The van der Waals surface area contributed by atoms with Gasteiger partial charge >= 0.3 is 0 Å². The molecule has 1 amide bonds. The average Bonchev–Trinajstić information content (AvgIpc) is 2.98. The third-order valence-electron chi connectivity index (χ3n) is 4.57. The maximum Gasteiger partial charge on any atom is 0.261 e. The van der Waals surface area contributed by atoms with Crippen molar-refractivity contribution in [3.8, 4) is 11.6 Å². The maximum absolute atomic E-state index is 12.4. The summed E-state index contributed by atoms with van der Waals surface area (Å²) in [5.74, 6) is 0.320. The van der Waals surface area contributed by atoms with Crippen molar-refractivity contribution in [2.24, 2.45) is 0 Å². The first kappa shape index (κ1) is 17.5. The van der Waals surface area contributed by atoms with E-state index >= 15 is 0 Å². The van der Waals surface area contributed by atoms with Crippen LogP contribution in [0, 0.1) is 6.92 Å². The number of nitrogens with zero attached hydrogens (tertiary/aromatic N) is 2. The van der Waals surface area contributed by atoms with E-state index in [1.807, 2.05) is 43.5 Å². The summed E-state index contributed by atoms with van der Waals surface area (Å²) < 4.78 is 7.53. The Balaban J connectivity index is 1.60. The lowest BCUT2D eigenvalue weighted by Crippen LogP contribution is -2.44. The zero-order valence-electron chi connectivity index (χ0n) is 14.7. The third-order valence-corrected chi connectivity index (χ3v) is 4.57. The number of para-hydroxylation sites is 1. The van der Waals surface area contributed by atoms with Gasteiger partial charge in [0, 0.05) is 17.8 Å². The van der Waals surface area contributed by atoms with Crippen molar-refractivity contribution in [1.82, 2.24) is 15.1 Å². The molecule has 0 radical (unpaired) electrons. The number of carbonyl (C=O) groups excluding carboxylic acids is 1. The second-order valence-corrected chi connectivity index (χ2v) is 6.67. The van der Waals surface area contributed by atoms with E-state index < -0.39 is 6.10 Å². The Hall–Kier alpha value is -2.34. The van der Waals surface area contributed by atoms with E-state index in [2.05, 4.69) is 10.4 Å². The fourth-order valence-electron chi connectivity index (χ4n) is 3.03. The second-order valence-electron chi connectivity index (χ2n) is 6.67. The highest BCUT2D eigenvalue weighted by Gasteiger charge is 2.24. The summed E-state index contributed by atoms with van der Waals surface area (Å²) in [6.45, 7) is 3.64. The fourth-order valence-corrected chi connectivity index (χ4v) is 3.03. The number of benzene rings is 1. The Labute approximate surface area is 147 Å². The standard InChI is InChI=1S/C19H25N3O3/c1-13-12-22(16-6-4-3-5-7-16)21-19(13)25-14(2)18(24)20-15-8-10-17(23)11-9-15/h3-7,12,14-15,17,23H,8-11H2,1-2H3,(H,20,24)/t14-,15?,17?/m1/s1. The molecule has 2 aromatic rings. The van der Waals surface area contributed by atoms with E-state index in [1.54, 1.807) is 11.6 Å². The van der Waals surface area contributed by atoms with Crippen LogP contribution in [-0.2, 0) is 4.79 Å². The number of nitrogens with one attached hydrogen (secondary N) is 1. The van der Waals surface area contributed by atoms with E-state index in [0.717, 1.165) is 36.9 Å². The normalized spacial score (nSPS) is 21.6. The summed E-state index contributed by atoms with van der Waals surface area (Å²) in [5.41, 5.74) is 1.82. The third kappa shape index (κ3) is 4.39. The predicted molar refractivity (Wildman–Crippen MR) is 94.8 cm³/mol. The highest BCUT2D eigenvalue weighted by atomic mass is 16.5. The molecular formula is C19H25N3O3. The highest BCUT2D eigenvalue weighted by Crippen LogP contribution is 2.20. The van der Waals surface area contributed by atoms with E-state index in [4.69, 9.17) is 4.74 Å². The van der Waals surface area contributed by atoms with Gasteiger partial charge in [0.1, 0.15) is 0 Å². The molecule has 0 aliphatic heterocycles. The van der Waals surface area contributed by atoms with Crippen molar-refractivity contribution < 1.29 is 14.6 Å². The molecule has 1 saturated carbocycles. The van der Waals surface area contributed by atoms with Crippen molar-refractivity contribution in [2.75, 3.05) is 0 Å². The summed E-state index contributed by atoms with van der Waals surface area (Å²) in [6.07, 6.45) is 4.12. The van der Waals surface area contributed by atoms with Crippen LogP contribution >= 0.6 is 0 Å². The molecule has 0 bridgehead atoms. The van der Waals surface area contributed by atoms with Gasteiger partial charge in [-0.3, -0.25) is 4.79 Å². The molecule has 3 rings (SSSR count). The van der Waals surface area contributed by atoms with Crippen LogP contribution in [0.15, 0.2) is 36.5 Å². The van der Waals surface area contributed by atoms with Crippen molar-refractivity contribution in [2.45, 2.75) is 57.8 Å². The van der Waals surface area contributed by atoms with Gasteiger partial charge in [-0.25, -0.2) is 4.68 Å². The fraction of sp³-hybridized carbons (Fsp3) is 0.474. The molecule has 1 fully saturated rings. The maximum atomic E-state index is 12.4. The van der Waals surface area contributed by atoms with Crippen LogP contribution in [0.2, 0.25) is 0 Å². The number of amides is 1. The molecule has 0 saturated heterocycles. The quantitative estimate of drug-likeness (QED) is 0.874. The SMILES string of the molecule is Cc1cn(-c2ccccc2)nc1O[C@H](C)C(=O)NC1CCC(O)CC1. The van der Waals surface area contributed by atoms with Gasteiger partial charge in [-0.2, -0.15) is 0 Å². The molecule has 0 spiro atoms. The number of ether oxygens (including phenoxy) is 1. The minimum Gasteiger partial charge on any atom is -0.463 e. The van der Waals surface area contributed by atoms with Gasteiger partial charge < -0.3 is 15.2 Å². The Bertz CT molecular complexity index is 706. The topological polar surface area (TPSA) is 76.4 Å². The lowest BCUT2D eigenvalue weighted by atomic mass is 9.93. The summed E-state index contributed by atoms with van der Waals surface area (Å²) >= 11 is 0. The molecular weight excluding hydrogens is 318 g/mol. The van der Waals surface area contributed by atoms with Crippen molar-refractivity contribution in [3.05, 3.63) is 42.1 Å². The monoisotopic (exact) mass is 343 g/mol. The molecule has 0 unspecified atom stereocenters. The summed E-state index contributed by atoms with van der Waals surface area (Å²) in [7, 11) is 0. The van der Waals surface area contributed by atoms with Gasteiger partial charge in [0.05, 0.1) is 11.8 Å². The van der Waals surface area contributed by atoms with E-state index in [0.29, 0.717) is 5.88 Å². The van der Waals surface area contributed by atoms with Gasteiger partial charge in [-0.1, -0.05) is 18.2 Å². The molecule has 2 N–H and O–H groups in total. The number of rotatable bonds is 5. The number of aryl methyl sites for hydroxylation is 1. The minimum atomic E-state index is -0.621. The molecule has 134 valence electrons. The number of aliphatic hydroxyl groups excluding tert-OH is 1. The first-order valence-electron chi connectivity index (χ1n) is 8.79. The first-order chi connectivity index (χ1) is 12.0. The molecule has 1 aliphatic carbocycles. The summed E-state index contributed by atoms with van der Waals surface area (Å²) in [5, 5.41) is 17.0. The number of hydrogen-bond acceptors (Lipinski definition) is 4. The van der Waals surface area contributed by atoms with Crippen molar-refractivity contribution >= 4 is 5.91 Å². The van der Waals surface area contributed by atoms with Gasteiger partial charge in [0.15, 0.2) is 6.10 Å². The van der Waals surface area contributed by atoms with Crippen LogP contribution in [0.5, 0.6) is 5.88 Å². The van der Waals surface area contributed by atoms with Crippen LogP contribution in [-0.4, -0.2) is 39.0 Å². The molecule has 25 heavy (non-hydrogen) atoms. The molecule has 6 heteroatoms. The van der Waals surface area contributed by atoms with Crippen molar-refractivity contribution in [3.63, 3.8) is 0 Å². The molecule has 1 heterocycles. The molecule has 1 aliphatic rings. The van der Waals surface area contributed by atoms with E-state index in [-0.39, 0.29) is 18.1 Å². The van der Waals surface area contributed by atoms with Gasteiger partial charge in [-0.05, 0) is 51.7 Å². The molecule has 6 nitrogen and oxygen atoms in total. The number of aromatic nitrogens is 2. The van der Waals surface area contributed by atoms with Crippen molar-refractivity contribution in [1.29, 1.82) is 0 Å². The van der Waals surface area contributed by atoms with Gasteiger partial charge in [-0.15, -0.1) is 5.10 Å². The van der Waals surface area contributed by atoms with Crippen LogP contribution < -0.4 is 10.1 Å². The Morgan fingerprint density at radius 1 is 1.28 bits per heavy atom. The average molecular weight is 343 g/mol. The van der Waals surface area contributed by atoms with Crippen LogP contribution in [0.1, 0.15) is 38.2 Å². The number of carbonyl (C=O) groups is 1. The lowest BCUT2D eigenvalue weighted by Gasteiger charge is -2.27. The minimum absolute atomic E-state index is 0.116. The predicted octanol–water partition coefficient (Wildman–Crippen LogP) is 2.37. The Morgan fingerprint density at radius 3 is 2.64 bits per heavy atom. The van der Waals surface area contributed by atoms with Crippen LogP contribution in [0.3, 0.4) is 0 Å². The largest absolute Gasteiger partial charge is 0.463 e. The number of aliphatic hydroxyl groups is 1. The van der Waals surface area contributed by atoms with E-state index in [9.17, 15) is 9.90 Å². The first-order valence-corrected chi connectivity index (χ1v) is 8.79. The lowest BCUT2D eigenvalue weighted by molar-refractivity contribution is -0.128. The second kappa shape index (κ2) is 7.70. The van der Waals surface area contributed by atoms with Crippen LogP contribution in [0.4, 0.5) is 0 Å². The Kier molecular flexibility index (Phi) is 5.38. The summed E-state index contributed by atoms with van der Waals surface area (Å²) in [6, 6.07) is 9.89. The zero-order chi connectivity index (χ0) is 17.8. The molecule has 1 aromatic heterocycles. The van der Waals surface area contributed by atoms with Gasteiger partial charge in [0.2, 0.25) is 5.88 Å².